The van der Waals surface area contributed by atoms with Crippen LogP contribution in [0, 0.1) is 6.92 Å². The van der Waals surface area contributed by atoms with E-state index in [1.165, 1.54) is 16.8 Å². The van der Waals surface area contributed by atoms with Gasteiger partial charge in [0.2, 0.25) is 0 Å². The van der Waals surface area contributed by atoms with E-state index in [2.05, 4.69) is 58.9 Å². The van der Waals surface area contributed by atoms with Crippen molar-refractivity contribution in [2.75, 3.05) is 44.3 Å². The third-order valence-electron chi connectivity index (χ3n) is 5.31. The number of aromatic nitrogens is 2. The predicted molar refractivity (Wildman–Crippen MR) is 101 cm³/mol. The molecule has 5 heteroatoms. The maximum Gasteiger partial charge on any atom is 0.0647 e. The zero-order chi connectivity index (χ0) is 17.2. The normalized spacial score (nSPS) is 20.7. The maximum absolute atomic E-state index is 5.49. The number of para-hydroxylation sites is 1. The molecule has 5 nitrogen and oxygen atoms in total. The quantitative estimate of drug-likeness (QED) is 0.839. The number of ether oxygens (including phenoxy) is 1. The van der Waals surface area contributed by atoms with Gasteiger partial charge in [-0.25, -0.2) is 4.68 Å². The van der Waals surface area contributed by atoms with Gasteiger partial charge in [-0.2, -0.15) is 5.10 Å². The minimum Gasteiger partial charge on any atom is -0.379 e. The largest absolute Gasteiger partial charge is 0.379 e. The molecule has 1 aromatic heterocycles. The second-order valence-corrected chi connectivity index (χ2v) is 6.95. The van der Waals surface area contributed by atoms with E-state index in [4.69, 9.17) is 4.74 Å². The Hall–Kier alpha value is -2.11. The molecular weight excluding hydrogens is 312 g/mol. The van der Waals surface area contributed by atoms with E-state index in [0.29, 0.717) is 5.92 Å². The molecule has 0 spiro atoms. The van der Waals surface area contributed by atoms with Gasteiger partial charge in [0.25, 0.3) is 0 Å². The molecule has 1 fully saturated rings. The van der Waals surface area contributed by atoms with Crippen molar-refractivity contribution in [1.29, 1.82) is 0 Å². The van der Waals surface area contributed by atoms with E-state index < -0.39 is 0 Å². The molecule has 0 bridgehead atoms. The molecule has 0 amide bonds. The van der Waals surface area contributed by atoms with Gasteiger partial charge in [-0.05, 0) is 18.6 Å². The van der Waals surface area contributed by atoms with Gasteiger partial charge >= 0.3 is 0 Å². The first-order valence-corrected chi connectivity index (χ1v) is 9.06. The average Bonchev–Trinajstić information content (AvgIpc) is 3.17. The van der Waals surface area contributed by atoms with Crippen molar-refractivity contribution in [2.45, 2.75) is 19.4 Å². The van der Waals surface area contributed by atoms with Gasteiger partial charge in [0, 0.05) is 62.3 Å². The average molecular weight is 338 g/mol. The molecule has 25 heavy (non-hydrogen) atoms. The molecule has 0 aliphatic carbocycles. The van der Waals surface area contributed by atoms with Gasteiger partial charge in [0.05, 0.1) is 18.9 Å². The second-order valence-electron chi connectivity index (χ2n) is 6.95. The van der Waals surface area contributed by atoms with E-state index in [1.807, 2.05) is 0 Å². The lowest BCUT2D eigenvalue weighted by atomic mass is 10.0. The summed E-state index contributed by atoms with van der Waals surface area (Å²) in [6, 6.07) is 8.85. The maximum atomic E-state index is 5.49. The van der Waals surface area contributed by atoms with Crippen LogP contribution in [0.4, 0.5) is 5.69 Å². The number of aryl methyl sites for hydroxylation is 1. The van der Waals surface area contributed by atoms with Gasteiger partial charge in [0.1, 0.15) is 0 Å². The van der Waals surface area contributed by atoms with Gasteiger partial charge in [-0.3, -0.25) is 4.90 Å². The lowest BCUT2D eigenvalue weighted by molar-refractivity contribution is 0.0356. The fourth-order valence-corrected chi connectivity index (χ4v) is 3.96. The van der Waals surface area contributed by atoms with Crippen molar-refractivity contribution >= 4 is 11.9 Å². The predicted octanol–water partition coefficient (Wildman–Crippen LogP) is 2.73. The summed E-state index contributed by atoms with van der Waals surface area (Å²) in [6.45, 7) is 12.8. The Balaban J connectivity index is 1.53. The summed E-state index contributed by atoms with van der Waals surface area (Å²) in [5.41, 5.74) is 5.19. The second kappa shape index (κ2) is 7.02. The van der Waals surface area contributed by atoms with Crippen LogP contribution in [0.3, 0.4) is 0 Å². The lowest BCUT2D eigenvalue weighted by Crippen LogP contribution is -2.39. The standard InChI is InChI=1S/C20H26N4O/c1-3-24-15-17(16(2)21-24)13-23-14-18(12-22-8-10-25-11-9-22)19-6-4-5-7-20(19)23/h3-7,15,18H,1,8-14H2,2H3. The van der Waals surface area contributed by atoms with Crippen molar-refractivity contribution in [1.82, 2.24) is 14.7 Å². The summed E-state index contributed by atoms with van der Waals surface area (Å²) < 4.78 is 7.29. The van der Waals surface area contributed by atoms with Crippen molar-refractivity contribution < 1.29 is 4.74 Å². The number of morpholine rings is 1. The highest BCUT2D eigenvalue weighted by Crippen LogP contribution is 2.37. The van der Waals surface area contributed by atoms with Gasteiger partial charge < -0.3 is 9.64 Å². The first-order chi connectivity index (χ1) is 12.2. The van der Waals surface area contributed by atoms with E-state index in [9.17, 15) is 0 Å². The fraction of sp³-hybridized carbons (Fsp3) is 0.450. The molecular formula is C20H26N4O. The molecule has 4 rings (SSSR count). The Kier molecular flexibility index (Phi) is 4.59. The van der Waals surface area contributed by atoms with E-state index in [0.717, 1.165) is 51.6 Å². The SMILES string of the molecule is C=Cn1cc(CN2CC(CN3CCOCC3)c3ccccc32)c(C)n1. The zero-order valence-electron chi connectivity index (χ0n) is 14.9. The van der Waals surface area contributed by atoms with E-state index >= 15 is 0 Å². The van der Waals surface area contributed by atoms with Crippen LogP contribution >= 0.6 is 0 Å². The molecule has 2 aliphatic heterocycles. The monoisotopic (exact) mass is 338 g/mol. The van der Waals surface area contributed by atoms with Crippen molar-refractivity contribution in [3.05, 3.63) is 53.9 Å². The molecule has 0 radical (unpaired) electrons. The zero-order valence-corrected chi connectivity index (χ0v) is 14.9. The Morgan fingerprint density at radius 1 is 1.28 bits per heavy atom. The summed E-state index contributed by atoms with van der Waals surface area (Å²) in [4.78, 5) is 5.04. The third-order valence-corrected chi connectivity index (χ3v) is 5.31. The molecule has 1 atom stereocenters. The van der Waals surface area contributed by atoms with E-state index in [1.54, 1.807) is 10.9 Å². The molecule has 1 saturated heterocycles. The number of rotatable bonds is 5. The van der Waals surface area contributed by atoms with Crippen LogP contribution in [0.5, 0.6) is 0 Å². The number of hydrogen-bond acceptors (Lipinski definition) is 4. The van der Waals surface area contributed by atoms with Crippen LogP contribution in [-0.4, -0.2) is 54.1 Å². The Morgan fingerprint density at radius 2 is 2.08 bits per heavy atom. The highest BCUT2D eigenvalue weighted by molar-refractivity contribution is 5.60. The van der Waals surface area contributed by atoms with Crippen molar-refractivity contribution in [3.8, 4) is 0 Å². The van der Waals surface area contributed by atoms with Gasteiger partial charge in [0.15, 0.2) is 0 Å². The number of benzene rings is 1. The Morgan fingerprint density at radius 3 is 2.84 bits per heavy atom. The van der Waals surface area contributed by atoms with Crippen LogP contribution in [0.25, 0.3) is 6.20 Å². The number of anilines is 1. The van der Waals surface area contributed by atoms with Crippen LogP contribution in [0.2, 0.25) is 0 Å². The van der Waals surface area contributed by atoms with Crippen LogP contribution in [0.15, 0.2) is 37.0 Å². The minimum atomic E-state index is 0.559. The summed E-state index contributed by atoms with van der Waals surface area (Å²) >= 11 is 0. The summed E-state index contributed by atoms with van der Waals surface area (Å²) in [5, 5.41) is 4.49. The topological polar surface area (TPSA) is 33.5 Å². The summed E-state index contributed by atoms with van der Waals surface area (Å²) in [7, 11) is 0. The Labute approximate surface area is 149 Å². The molecule has 1 unspecified atom stereocenters. The minimum absolute atomic E-state index is 0.559. The van der Waals surface area contributed by atoms with Crippen LogP contribution in [0.1, 0.15) is 22.7 Å². The van der Waals surface area contributed by atoms with Crippen molar-refractivity contribution in [3.63, 3.8) is 0 Å². The number of hydrogen-bond donors (Lipinski definition) is 0. The Bertz CT molecular complexity index is 748. The first kappa shape index (κ1) is 16.4. The fourth-order valence-electron chi connectivity index (χ4n) is 3.96. The van der Waals surface area contributed by atoms with Gasteiger partial charge in [-0.15, -0.1) is 0 Å². The molecule has 2 aromatic rings. The summed E-state index contributed by atoms with van der Waals surface area (Å²) in [6.07, 6.45) is 3.83. The molecule has 0 saturated carbocycles. The van der Waals surface area contributed by atoms with Crippen LogP contribution in [-0.2, 0) is 11.3 Å². The molecule has 0 N–H and O–H groups in total. The molecule has 1 aromatic carbocycles. The third kappa shape index (κ3) is 3.34. The summed E-state index contributed by atoms with van der Waals surface area (Å²) in [5.74, 6) is 0.559. The smallest absolute Gasteiger partial charge is 0.0647 e. The lowest BCUT2D eigenvalue weighted by Gasteiger charge is -2.29. The molecule has 132 valence electrons. The van der Waals surface area contributed by atoms with Gasteiger partial charge in [-0.1, -0.05) is 24.8 Å². The number of nitrogens with zero attached hydrogens (tertiary/aromatic N) is 4. The van der Waals surface area contributed by atoms with E-state index in [-0.39, 0.29) is 0 Å². The molecule has 3 heterocycles. The van der Waals surface area contributed by atoms with Crippen LogP contribution < -0.4 is 4.90 Å². The highest BCUT2D eigenvalue weighted by atomic mass is 16.5. The number of fused-ring (bicyclic) bond motifs is 1. The highest BCUT2D eigenvalue weighted by Gasteiger charge is 2.30. The van der Waals surface area contributed by atoms with Crippen molar-refractivity contribution in [2.24, 2.45) is 0 Å². The first-order valence-electron chi connectivity index (χ1n) is 9.06. The molecule has 2 aliphatic rings.